The number of hydrogen-bond acceptors (Lipinski definition) is 2. The van der Waals surface area contributed by atoms with E-state index in [-0.39, 0.29) is 0 Å². The van der Waals surface area contributed by atoms with Crippen molar-refractivity contribution in [2.24, 2.45) is 5.92 Å². The van der Waals surface area contributed by atoms with Crippen LogP contribution in [0.25, 0.3) is 0 Å². The summed E-state index contributed by atoms with van der Waals surface area (Å²) in [6.07, 6.45) is 4.51. The number of nitrogens with zero attached hydrogens (tertiary/aromatic N) is 2. The standard InChI is InChI=1S/C14H22N2/c1-11(2)10-16-9-5-7-14(16)13-6-4-8-15-12(13)3/h4,6,8,11,14H,5,7,9-10H2,1-3H3/t14-/m0/s1. The number of aryl methyl sites for hydroxylation is 1. The summed E-state index contributed by atoms with van der Waals surface area (Å²) in [4.78, 5) is 7.03. The third kappa shape index (κ3) is 2.43. The molecule has 0 aromatic carbocycles. The van der Waals surface area contributed by atoms with Crippen molar-refractivity contribution in [3.05, 3.63) is 29.6 Å². The van der Waals surface area contributed by atoms with Crippen molar-refractivity contribution in [1.82, 2.24) is 9.88 Å². The molecule has 1 fully saturated rings. The highest BCUT2D eigenvalue weighted by atomic mass is 15.2. The van der Waals surface area contributed by atoms with Crippen molar-refractivity contribution < 1.29 is 0 Å². The zero-order valence-corrected chi connectivity index (χ0v) is 10.6. The highest BCUT2D eigenvalue weighted by Gasteiger charge is 2.27. The Morgan fingerprint density at radius 3 is 3.00 bits per heavy atom. The van der Waals surface area contributed by atoms with Crippen LogP contribution in [0.3, 0.4) is 0 Å². The van der Waals surface area contributed by atoms with E-state index in [1.807, 2.05) is 6.20 Å². The molecule has 16 heavy (non-hydrogen) atoms. The Hall–Kier alpha value is -0.890. The lowest BCUT2D eigenvalue weighted by Gasteiger charge is -2.27. The molecular weight excluding hydrogens is 196 g/mol. The van der Waals surface area contributed by atoms with Gasteiger partial charge in [-0.05, 0) is 43.9 Å². The first-order valence-corrected chi connectivity index (χ1v) is 6.34. The van der Waals surface area contributed by atoms with E-state index >= 15 is 0 Å². The highest BCUT2D eigenvalue weighted by molar-refractivity contribution is 5.23. The van der Waals surface area contributed by atoms with Gasteiger partial charge in [0.15, 0.2) is 0 Å². The van der Waals surface area contributed by atoms with E-state index in [4.69, 9.17) is 0 Å². The van der Waals surface area contributed by atoms with Gasteiger partial charge in [0.1, 0.15) is 0 Å². The van der Waals surface area contributed by atoms with Crippen molar-refractivity contribution in [1.29, 1.82) is 0 Å². The summed E-state index contributed by atoms with van der Waals surface area (Å²) in [6.45, 7) is 9.17. The molecule has 1 aliphatic rings. The van der Waals surface area contributed by atoms with Crippen molar-refractivity contribution in [3.63, 3.8) is 0 Å². The first-order valence-electron chi connectivity index (χ1n) is 6.34. The van der Waals surface area contributed by atoms with E-state index in [1.54, 1.807) is 0 Å². The van der Waals surface area contributed by atoms with E-state index in [9.17, 15) is 0 Å². The minimum absolute atomic E-state index is 0.607. The van der Waals surface area contributed by atoms with Gasteiger partial charge in [-0.25, -0.2) is 0 Å². The predicted molar refractivity (Wildman–Crippen MR) is 67.4 cm³/mol. The van der Waals surface area contributed by atoms with Crippen molar-refractivity contribution in [2.75, 3.05) is 13.1 Å². The molecule has 0 radical (unpaired) electrons. The summed E-state index contributed by atoms with van der Waals surface area (Å²) in [6, 6.07) is 4.91. The van der Waals surface area contributed by atoms with Gasteiger partial charge in [-0.2, -0.15) is 0 Å². The summed E-state index contributed by atoms with van der Waals surface area (Å²) in [5.41, 5.74) is 2.63. The summed E-state index contributed by atoms with van der Waals surface area (Å²) in [7, 11) is 0. The molecule has 2 heteroatoms. The smallest absolute Gasteiger partial charge is 0.0420 e. The molecule has 2 heterocycles. The van der Waals surface area contributed by atoms with Gasteiger partial charge >= 0.3 is 0 Å². The van der Waals surface area contributed by atoms with Gasteiger partial charge in [0.05, 0.1) is 0 Å². The number of pyridine rings is 1. The zero-order chi connectivity index (χ0) is 11.5. The van der Waals surface area contributed by atoms with Gasteiger partial charge in [0, 0.05) is 24.5 Å². The van der Waals surface area contributed by atoms with Gasteiger partial charge in [0.25, 0.3) is 0 Å². The van der Waals surface area contributed by atoms with E-state index in [2.05, 4.69) is 42.8 Å². The second kappa shape index (κ2) is 4.96. The number of hydrogen-bond donors (Lipinski definition) is 0. The average Bonchev–Trinajstić information content (AvgIpc) is 2.66. The Kier molecular flexibility index (Phi) is 3.59. The summed E-state index contributed by atoms with van der Waals surface area (Å²) >= 11 is 0. The molecule has 0 N–H and O–H groups in total. The van der Waals surface area contributed by atoms with Gasteiger partial charge in [-0.1, -0.05) is 19.9 Å². The molecule has 0 bridgehead atoms. The number of rotatable bonds is 3. The Morgan fingerprint density at radius 1 is 1.50 bits per heavy atom. The molecular formula is C14H22N2. The van der Waals surface area contributed by atoms with Gasteiger partial charge in [-0.3, -0.25) is 9.88 Å². The summed E-state index contributed by atoms with van der Waals surface area (Å²) in [5, 5.41) is 0. The van der Waals surface area contributed by atoms with Crippen LogP contribution in [-0.4, -0.2) is 23.0 Å². The second-order valence-electron chi connectivity index (χ2n) is 5.22. The van der Waals surface area contributed by atoms with Crippen LogP contribution >= 0.6 is 0 Å². The van der Waals surface area contributed by atoms with Gasteiger partial charge in [0.2, 0.25) is 0 Å². The molecule has 1 atom stereocenters. The van der Waals surface area contributed by atoms with Crippen molar-refractivity contribution in [3.8, 4) is 0 Å². The maximum absolute atomic E-state index is 4.41. The second-order valence-corrected chi connectivity index (χ2v) is 5.22. The molecule has 0 unspecified atom stereocenters. The van der Waals surface area contributed by atoms with E-state index in [1.165, 1.54) is 37.2 Å². The van der Waals surface area contributed by atoms with Crippen molar-refractivity contribution in [2.45, 2.75) is 39.7 Å². The first-order chi connectivity index (χ1) is 7.68. The molecule has 1 aromatic rings. The lowest BCUT2D eigenvalue weighted by Crippen LogP contribution is -2.27. The minimum atomic E-state index is 0.607. The molecule has 0 saturated carbocycles. The third-order valence-electron chi connectivity index (χ3n) is 3.37. The van der Waals surface area contributed by atoms with E-state index < -0.39 is 0 Å². The fourth-order valence-corrected chi connectivity index (χ4v) is 2.71. The molecule has 0 spiro atoms. The minimum Gasteiger partial charge on any atom is -0.296 e. The van der Waals surface area contributed by atoms with Crippen LogP contribution in [0.5, 0.6) is 0 Å². The van der Waals surface area contributed by atoms with Crippen LogP contribution in [-0.2, 0) is 0 Å². The highest BCUT2D eigenvalue weighted by Crippen LogP contribution is 2.33. The molecule has 88 valence electrons. The van der Waals surface area contributed by atoms with Crippen LogP contribution in [0, 0.1) is 12.8 Å². The zero-order valence-electron chi connectivity index (χ0n) is 10.6. The Morgan fingerprint density at radius 2 is 2.31 bits per heavy atom. The maximum Gasteiger partial charge on any atom is 0.0420 e. The fraction of sp³-hybridized carbons (Fsp3) is 0.643. The first kappa shape index (κ1) is 11.6. The molecule has 1 aliphatic heterocycles. The van der Waals surface area contributed by atoms with Crippen LogP contribution < -0.4 is 0 Å². The summed E-state index contributed by atoms with van der Waals surface area (Å²) in [5.74, 6) is 0.748. The number of aromatic nitrogens is 1. The average molecular weight is 218 g/mol. The van der Waals surface area contributed by atoms with E-state index in [0.29, 0.717) is 6.04 Å². The predicted octanol–water partition coefficient (Wildman–Crippen LogP) is 3.18. The molecule has 0 amide bonds. The van der Waals surface area contributed by atoms with E-state index in [0.717, 1.165) is 5.92 Å². The van der Waals surface area contributed by atoms with Crippen LogP contribution in [0.2, 0.25) is 0 Å². The largest absolute Gasteiger partial charge is 0.296 e. The topological polar surface area (TPSA) is 16.1 Å². The molecule has 2 nitrogen and oxygen atoms in total. The monoisotopic (exact) mass is 218 g/mol. The Bertz CT molecular complexity index is 346. The molecule has 2 rings (SSSR count). The van der Waals surface area contributed by atoms with Crippen LogP contribution in [0.4, 0.5) is 0 Å². The lowest BCUT2D eigenvalue weighted by atomic mass is 10.0. The van der Waals surface area contributed by atoms with Gasteiger partial charge < -0.3 is 0 Å². The van der Waals surface area contributed by atoms with Crippen LogP contribution in [0.15, 0.2) is 18.3 Å². The molecule has 0 aliphatic carbocycles. The molecule has 1 aromatic heterocycles. The third-order valence-corrected chi connectivity index (χ3v) is 3.37. The SMILES string of the molecule is Cc1ncccc1[C@@H]1CCCN1CC(C)C. The quantitative estimate of drug-likeness (QED) is 0.774. The summed E-state index contributed by atoms with van der Waals surface area (Å²) < 4.78 is 0. The number of likely N-dealkylation sites (tertiary alicyclic amines) is 1. The maximum atomic E-state index is 4.41. The Balaban J connectivity index is 2.17. The molecule has 1 saturated heterocycles. The van der Waals surface area contributed by atoms with Crippen molar-refractivity contribution >= 4 is 0 Å². The Labute approximate surface area is 98.7 Å². The lowest BCUT2D eigenvalue weighted by molar-refractivity contribution is 0.228. The van der Waals surface area contributed by atoms with Crippen LogP contribution in [0.1, 0.15) is 44.0 Å². The normalized spacial score (nSPS) is 21.9. The fourth-order valence-electron chi connectivity index (χ4n) is 2.71. The van der Waals surface area contributed by atoms with Gasteiger partial charge in [-0.15, -0.1) is 0 Å².